The molecule has 0 N–H and O–H groups in total. The van der Waals surface area contributed by atoms with Crippen molar-refractivity contribution >= 4 is 22.7 Å². The molecule has 2 aliphatic rings. The second kappa shape index (κ2) is 9.20. The first-order chi connectivity index (χ1) is 15.0. The highest BCUT2D eigenvalue weighted by Crippen LogP contribution is 2.42. The lowest BCUT2D eigenvalue weighted by molar-refractivity contribution is -0.384. The van der Waals surface area contributed by atoms with Crippen molar-refractivity contribution in [2.75, 3.05) is 36.0 Å². The van der Waals surface area contributed by atoms with Crippen LogP contribution in [-0.2, 0) is 0 Å². The Labute approximate surface area is 180 Å². The molecule has 0 spiro atoms. The highest BCUT2D eigenvalue weighted by atomic mass is 16.6. The Bertz CT molecular complexity index is 891. The minimum absolute atomic E-state index is 0.0688. The zero-order chi connectivity index (χ0) is 21.8. The Kier molecular flexibility index (Phi) is 6.20. The van der Waals surface area contributed by atoms with Gasteiger partial charge in [0.25, 0.3) is 11.4 Å². The lowest BCUT2D eigenvalue weighted by atomic mass is 10.1. The third kappa shape index (κ3) is 4.70. The number of anilines is 2. The average Bonchev–Trinajstić information content (AvgIpc) is 2.80. The number of hydrogen-bond acceptors (Lipinski definition) is 7. The maximum atomic E-state index is 11.4. The minimum Gasteiger partial charge on any atom is -0.452 e. The summed E-state index contributed by atoms with van der Waals surface area (Å²) in [7, 11) is 0. The normalized spacial score (nSPS) is 16.8. The maximum Gasteiger partial charge on any atom is 0.273 e. The predicted molar refractivity (Wildman–Crippen MR) is 118 cm³/mol. The van der Waals surface area contributed by atoms with Gasteiger partial charge in [-0.3, -0.25) is 20.2 Å². The summed E-state index contributed by atoms with van der Waals surface area (Å²) < 4.78 is 6.24. The zero-order valence-corrected chi connectivity index (χ0v) is 17.4. The van der Waals surface area contributed by atoms with E-state index >= 15 is 0 Å². The SMILES string of the molecule is O=[N+]([O-])c1ccc(N2CCCCC2)c(Oc2cc([N+](=O)[O-])ccc2N2CCCCC2)c1. The molecule has 4 rings (SSSR count). The van der Waals surface area contributed by atoms with Crippen LogP contribution in [0.4, 0.5) is 22.7 Å². The van der Waals surface area contributed by atoms with Gasteiger partial charge < -0.3 is 14.5 Å². The lowest BCUT2D eigenvalue weighted by Crippen LogP contribution is -2.30. The fourth-order valence-corrected chi connectivity index (χ4v) is 4.31. The number of nitro groups is 2. The molecule has 0 unspecified atom stereocenters. The van der Waals surface area contributed by atoms with Crippen molar-refractivity contribution in [2.45, 2.75) is 38.5 Å². The summed E-state index contributed by atoms with van der Waals surface area (Å²) in [5.41, 5.74) is 1.42. The van der Waals surface area contributed by atoms with Crippen LogP contribution in [0.25, 0.3) is 0 Å². The zero-order valence-electron chi connectivity index (χ0n) is 17.4. The third-order valence-electron chi connectivity index (χ3n) is 5.92. The summed E-state index contributed by atoms with van der Waals surface area (Å²) in [6.45, 7) is 3.40. The highest BCUT2D eigenvalue weighted by Gasteiger charge is 2.23. The maximum absolute atomic E-state index is 11.4. The van der Waals surface area contributed by atoms with Crippen molar-refractivity contribution in [1.29, 1.82) is 0 Å². The molecule has 2 aromatic carbocycles. The summed E-state index contributed by atoms with van der Waals surface area (Å²) in [6.07, 6.45) is 6.50. The van der Waals surface area contributed by atoms with Crippen LogP contribution >= 0.6 is 0 Å². The van der Waals surface area contributed by atoms with Crippen molar-refractivity contribution in [3.05, 3.63) is 56.6 Å². The van der Waals surface area contributed by atoms with Crippen LogP contribution in [0.1, 0.15) is 38.5 Å². The van der Waals surface area contributed by atoms with Gasteiger partial charge in [-0.15, -0.1) is 0 Å². The molecule has 0 radical (unpaired) electrons. The molecule has 9 nitrogen and oxygen atoms in total. The summed E-state index contributed by atoms with van der Waals surface area (Å²) in [6, 6.07) is 9.24. The minimum atomic E-state index is -0.453. The van der Waals surface area contributed by atoms with E-state index in [0.717, 1.165) is 76.1 Å². The quantitative estimate of drug-likeness (QED) is 0.457. The molecule has 0 aromatic heterocycles. The largest absolute Gasteiger partial charge is 0.452 e. The Morgan fingerprint density at radius 1 is 0.645 bits per heavy atom. The molecule has 2 heterocycles. The van der Waals surface area contributed by atoms with Crippen LogP contribution in [0.3, 0.4) is 0 Å². The molecule has 2 fully saturated rings. The fourth-order valence-electron chi connectivity index (χ4n) is 4.31. The number of benzene rings is 2. The van der Waals surface area contributed by atoms with Crippen molar-refractivity contribution in [1.82, 2.24) is 0 Å². The average molecular weight is 426 g/mol. The number of nitro benzene ring substituents is 2. The molecule has 0 amide bonds. The predicted octanol–water partition coefficient (Wildman–Crippen LogP) is 5.28. The number of hydrogen-bond donors (Lipinski definition) is 0. The van der Waals surface area contributed by atoms with E-state index in [1.54, 1.807) is 12.1 Å². The van der Waals surface area contributed by atoms with E-state index in [9.17, 15) is 20.2 Å². The van der Waals surface area contributed by atoms with Gasteiger partial charge in [0.1, 0.15) is 0 Å². The number of non-ortho nitro benzene ring substituents is 2. The van der Waals surface area contributed by atoms with E-state index in [2.05, 4.69) is 9.80 Å². The van der Waals surface area contributed by atoms with Crippen LogP contribution in [0.2, 0.25) is 0 Å². The van der Waals surface area contributed by atoms with Crippen molar-refractivity contribution in [3.8, 4) is 11.5 Å². The van der Waals surface area contributed by atoms with Gasteiger partial charge in [-0.05, 0) is 50.7 Å². The molecule has 2 aliphatic heterocycles. The first-order valence-corrected chi connectivity index (χ1v) is 10.8. The Morgan fingerprint density at radius 3 is 1.39 bits per heavy atom. The molecule has 0 saturated carbocycles. The molecule has 164 valence electrons. The highest BCUT2D eigenvalue weighted by molar-refractivity contribution is 5.68. The molecule has 2 saturated heterocycles. The number of nitrogens with zero attached hydrogens (tertiary/aromatic N) is 4. The smallest absolute Gasteiger partial charge is 0.273 e. The molecule has 0 bridgehead atoms. The molecule has 0 aliphatic carbocycles. The van der Waals surface area contributed by atoms with E-state index in [0.29, 0.717) is 11.5 Å². The number of piperidine rings is 2. The Balaban J connectivity index is 1.75. The molecule has 31 heavy (non-hydrogen) atoms. The standard InChI is InChI=1S/C22H26N4O5/c27-25(28)17-7-9-19(23-11-3-1-4-12-23)21(15-17)31-22-16-18(26(29)30)8-10-20(22)24-13-5-2-6-14-24/h7-10,15-16H,1-6,11-14H2. The summed E-state index contributed by atoms with van der Waals surface area (Å²) >= 11 is 0. The first-order valence-electron chi connectivity index (χ1n) is 10.8. The summed E-state index contributed by atoms with van der Waals surface area (Å²) in [5.74, 6) is 0.713. The second-order valence-corrected chi connectivity index (χ2v) is 8.02. The van der Waals surface area contributed by atoms with Crippen LogP contribution in [0.5, 0.6) is 11.5 Å². The van der Waals surface area contributed by atoms with Gasteiger partial charge in [0.2, 0.25) is 0 Å². The number of rotatable bonds is 6. The van der Waals surface area contributed by atoms with Gasteiger partial charge >= 0.3 is 0 Å². The van der Waals surface area contributed by atoms with Crippen LogP contribution in [-0.4, -0.2) is 36.0 Å². The van der Waals surface area contributed by atoms with E-state index in [4.69, 9.17) is 4.74 Å². The van der Waals surface area contributed by atoms with Crippen molar-refractivity contribution in [3.63, 3.8) is 0 Å². The van der Waals surface area contributed by atoms with E-state index in [1.165, 1.54) is 24.3 Å². The van der Waals surface area contributed by atoms with Crippen LogP contribution < -0.4 is 14.5 Å². The first kappa shape index (κ1) is 20.9. The van der Waals surface area contributed by atoms with Gasteiger partial charge in [0.05, 0.1) is 33.4 Å². The van der Waals surface area contributed by atoms with Crippen molar-refractivity contribution in [2.24, 2.45) is 0 Å². The monoisotopic (exact) mass is 426 g/mol. The lowest BCUT2D eigenvalue weighted by Gasteiger charge is -2.32. The topological polar surface area (TPSA) is 102 Å². The van der Waals surface area contributed by atoms with E-state index in [-0.39, 0.29) is 11.4 Å². The number of ether oxygens (including phenoxy) is 1. The Hall–Kier alpha value is -3.36. The third-order valence-corrected chi connectivity index (χ3v) is 5.92. The van der Waals surface area contributed by atoms with Gasteiger partial charge in [0, 0.05) is 38.3 Å². The molecule has 2 aromatic rings. The van der Waals surface area contributed by atoms with Gasteiger partial charge in [-0.1, -0.05) is 0 Å². The molecule has 0 atom stereocenters. The molecular formula is C22H26N4O5. The van der Waals surface area contributed by atoms with Gasteiger partial charge in [-0.2, -0.15) is 0 Å². The van der Waals surface area contributed by atoms with Crippen molar-refractivity contribution < 1.29 is 14.6 Å². The van der Waals surface area contributed by atoms with E-state index < -0.39 is 9.85 Å². The van der Waals surface area contributed by atoms with Gasteiger partial charge in [-0.25, -0.2) is 0 Å². The second-order valence-electron chi connectivity index (χ2n) is 8.02. The molecule has 9 heteroatoms. The molecular weight excluding hydrogens is 400 g/mol. The van der Waals surface area contributed by atoms with E-state index in [1.807, 2.05) is 0 Å². The Morgan fingerprint density at radius 2 is 1.03 bits per heavy atom. The summed E-state index contributed by atoms with van der Waals surface area (Å²) in [5, 5.41) is 22.8. The van der Waals surface area contributed by atoms with Crippen LogP contribution in [0, 0.1) is 20.2 Å². The van der Waals surface area contributed by atoms with Crippen LogP contribution in [0.15, 0.2) is 36.4 Å². The summed E-state index contributed by atoms with van der Waals surface area (Å²) in [4.78, 5) is 26.2. The van der Waals surface area contributed by atoms with Gasteiger partial charge in [0.15, 0.2) is 11.5 Å². The fraction of sp³-hybridized carbons (Fsp3) is 0.455.